The first-order chi connectivity index (χ1) is 15.3. The summed E-state index contributed by atoms with van der Waals surface area (Å²) < 4.78 is 41.6. The van der Waals surface area contributed by atoms with Gasteiger partial charge in [-0.15, -0.1) is 0 Å². The van der Waals surface area contributed by atoms with Crippen LogP contribution in [0.2, 0.25) is 0 Å². The summed E-state index contributed by atoms with van der Waals surface area (Å²) >= 11 is 0. The average Bonchev–Trinajstić information content (AvgIpc) is 2.79. The summed E-state index contributed by atoms with van der Waals surface area (Å²) in [7, 11) is -3.64. The van der Waals surface area contributed by atoms with Crippen molar-refractivity contribution in [1.29, 1.82) is 0 Å². The number of fused-ring (bicyclic) bond motifs is 1. The maximum absolute atomic E-state index is 13.1. The van der Waals surface area contributed by atoms with Crippen molar-refractivity contribution in [3.05, 3.63) is 53.8 Å². The predicted octanol–water partition coefficient (Wildman–Crippen LogP) is 3.38. The normalized spacial score (nSPS) is 21.6. The highest BCUT2D eigenvalue weighted by molar-refractivity contribution is 7.89. The molecule has 1 amide bonds. The number of rotatable bonds is 6. The van der Waals surface area contributed by atoms with Crippen LogP contribution in [-0.4, -0.2) is 33.5 Å². The van der Waals surface area contributed by atoms with Crippen LogP contribution in [0.1, 0.15) is 44.2 Å². The zero-order chi connectivity index (χ0) is 22.7. The number of carbonyl (C=O) groups is 1. The molecule has 2 aliphatic rings. The van der Waals surface area contributed by atoms with E-state index in [1.807, 2.05) is 6.92 Å². The zero-order valence-electron chi connectivity index (χ0n) is 18.0. The van der Waals surface area contributed by atoms with Crippen LogP contribution in [0.25, 0.3) is 0 Å². The second-order valence-corrected chi connectivity index (χ2v) is 10.2. The van der Waals surface area contributed by atoms with Crippen molar-refractivity contribution in [2.24, 2.45) is 5.92 Å². The Morgan fingerprint density at radius 3 is 2.34 bits per heavy atom. The topological polar surface area (TPSA) is 99.3 Å². The van der Waals surface area contributed by atoms with Crippen molar-refractivity contribution in [3.8, 4) is 0 Å². The van der Waals surface area contributed by atoms with E-state index in [9.17, 15) is 17.6 Å². The molecule has 4 rings (SSSR count). The lowest BCUT2D eigenvalue weighted by Gasteiger charge is -2.29. The van der Waals surface area contributed by atoms with Gasteiger partial charge in [0.05, 0.1) is 22.3 Å². The number of hydrogen-bond donors (Lipinski definition) is 4. The van der Waals surface area contributed by atoms with Gasteiger partial charge in [0.2, 0.25) is 15.9 Å². The van der Waals surface area contributed by atoms with Crippen LogP contribution < -0.4 is 20.7 Å². The van der Waals surface area contributed by atoms with E-state index in [0.717, 1.165) is 30.0 Å². The fourth-order valence-electron chi connectivity index (χ4n) is 4.31. The average molecular weight is 461 g/mol. The van der Waals surface area contributed by atoms with Gasteiger partial charge < -0.3 is 16.0 Å². The molecule has 0 spiro atoms. The van der Waals surface area contributed by atoms with Crippen LogP contribution in [0.15, 0.2) is 47.4 Å². The van der Waals surface area contributed by atoms with Crippen LogP contribution in [0.4, 0.5) is 15.8 Å². The standard InChI is InChI=1S/C23H29FN4O3S/c1-15(16-2-6-18(24)7-3-16)27-23(29)17-4-8-19(9-5-17)28-32(30,31)20-10-11-21-22(14-20)26-13-12-25-21/h2-3,6-7,10-11,14-15,17,19,25-26,28H,4-5,8-9,12-13H2,1H3,(H,27,29)/t15-,17-,19-/m1/s1. The van der Waals surface area contributed by atoms with Crippen LogP contribution in [0.3, 0.4) is 0 Å². The molecule has 0 radical (unpaired) electrons. The van der Waals surface area contributed by atoms with Crippen molar-refractivity contribution in [2.75, 3.05) is 23.7 Å². The smallest absolute Gasteiger partial charge is 0.240 e. The summed E-state index contributed by atoms with van der Waals surface area (Å²) in [6, 6.07) is 10.7. The second-order valence-electron chi connectivity index (χ2n) is 8.51. The van der Waals surface area contributed by atoms with Crippen LogP contribution in [0.5, 0.6) is 0 Å². The first-order valence-electron chi connectivity index (χ1n) is 11.0. The van der Waals surface area contributed by atoms with Gasteiger partial charge in [0.15, 0.2) is 0 Å². The van der Waals surface area contributed by atoms with Gasteiger partial charge in [0.1, 0.15) is 5.82 Å². The molecule has 32 heavy (non-hydrogen) atoms. The molecular formula is C23H29FN4O3S. The van der Waals surface area contributed by atoms with E-state index in [-0.39, 0.29) is 34.6 Å². The molecule has 1 heterocycles. The Kier molecular flexibility index (Phi) is 6.66. The largest absolute Gasteiger partial charge is 0.382 e. The van der Waals surface area contributed by atoms with E-state index in [1.54, 1.807) is 30.3 Å². The Morgan fingerprint density at radius 2 is 1.66 bits per heavy atom. The highest BCUT2D eigenvalue weighted by Gasteiger charge is 2.30. The molecule has 7 nitrogen and oxygen atoms in total. The molecule has 9 heteroatoms. The Hall–Kier alpha value is -2.65. The number of amides is 1. The third-order valence-electron chi connectivity index (χ3n) is 6.21. The van der Waals surface area contributed by atoms with Crippen molar-refractivity contribution in [3.63, 3.8) is 0 Å². The molecule has 2 aromatic rings. The van der Waals surface area contributed by atoms with Gasteiger partial charge in [-0.3, -0.25) is 4.79 Å². The Morgan fingerprint density at radius 1 is 1.00 bits per heavy atom. The molecule has 2 aromatic carbocycles. The Labute approximate surface area is 188 Å². The maximum atomic E-state index is 13.1. The van der Waals surface area contributed by atoms with Crippen molar-refractivity contribution in [2.45, 2.75) is 49.6 Å². The molecule has 1 aliphatic carbocycles. The monoisotopic (exact) mass is 460 g/mol. The van der Waals surface area contributed by atoms with Crippen molar-refractivity contribution >= 4 is 27.3 Å². The van der Waals surface area contributed by atoms with Gasteiger partial charge >= 0.3 is 0 Å². The number of anilines is 2. The minimum Gasteiger partial charge on any atom is -0.382 e. The zero-order valence-corrected chi connectivity index (χ0v) is 18.8. The Bertz CT molecular complexity index is 1070. The molecule has 1 atom stereocenters. The quantitative estimate of drug-likeness (QED) is 0.530. The van der Waals surface area contributed by atoms with E-state index in [2.05, 4.69) is 20.7 Å². The minimum absolute atomic E-state index is 0.0450. The molecule has 172 valence electrons. The number of hydrogen-bond acceptors (Lipinski definition) is 5. The molecule has 1 aliphatic heterocycles. The first kappa shape index (κ1) is 22.5. The fraction of sp³-hybridized carbons (Fsp3) is 0.435. The number of nitrogens with one attached hydrogen (secondary N) is 4. The van der Waals surface area contributed by atoms with E-state index in [4.69, 9.17) is 0 Å². The fourth-order valence-corrected chi connectivity index (χ4v) is 5.64. The lowest BCUT2D eigenvalue weighted by atomic mass is 9.85. The third kappa shape index (κ3) is 5.21. The van der Waals surface area contributed by atoms with E-state index >= 15 is 0 Å². The molecule has 0 unspecified atom stereocenters. The Balaban J connectivity index is 1.30. The third-order valence-corrected chi connectivity index (χ3v) is 7.72. The summed E-state index contributed by atoms with van der Waals surface area (Å²) in [5, 5.41) is 9.43. The van der Waals surface area contributed by atoms with Crippen LogP contribution in [0, 0.1) is 11.7 Å². The summed E-state index contributed by atoms with van der Waals surface area (Å²) in [5.74, 6) is -0.509. The van der Waals surface area contributed by atoms with Gasteiger partial charge in [-0.05, 0) is 68.5 Å². The maximum Gasteiger partial charge on any atom is 0.240 e. The molecule has 0 saturated heterocycles. The predicted molar refractivity (Wildman–Crippen MR) is 122 cm³/mol. The summed E-state index contributed by atoms with van der Waals surface area (Å²) in [6.07, 6.45) is 2.44. The minimum atomic E-state index is -3.64. The lowest BCUT2D eigenvalue weighted by molar-refractivity contribution is -0.126. The summed E-state index contributed by atoms with van der Waals surface area (Å²) in [5.41, 5.74) is 2.53. The summed E-state index contributed by atoms with van der Waals surface area (Å²) in [6.45, 7) is 3.42. The van der Waals surface area contributed by atoms with Gasteiger partial charge in [-0.1, -0.05) is 12.1 Å². The van der Waals surface area contributed by atoms with E-state index in [1.165, 1.54) is 12.1 Å². The molecule has 1 fully saturated rings. The lowest BCUT2D eigenvalue weighted by Crippen LogP contribution is -2.41. The van der Waals surface area contributed by atoms with Gasteiger partial charge in [-0.25, -0.2) is 17.5 Å². The number of carbonyl (C=O) groups excluding carboxylic acids is 1. The number of sulfonamides is 1. The van der Waals surface area contributed by atoms with Gasteiger partial charge in [-0.2, -0.15) is 0 Å². The van der Waals surface area contributed by atoms with Crippen LogP contribution >= 0.6 is 0 Å². The summed E-state index contributed by atoms with van der Waals surface area (Å²) in [4.78, 5) is 12.9. The second kappa shape index (κ2) is 9.46. The van der Waals surface area contributed by atoms with Crippen LogP contribution in [-0.2, 0) is 14.8 Å². The molecule has 0 bridgehead atoms. The highest BCUT2D eigenvalue weighted by atomic mass is 32.2. The van der Waals surface area contributed by atoms with Crippen molar-refractivity contribution < 1.29 is 17.6 Å². The SMILES string of the molecule is C[C@@H](NC(=O)[C@H]1CC[C@H](NS(=O)(=O)c2ccc3c(c2)NCCN3)CC1)c1ccc(F)cc1. The molecule has 4 N–H and O–H groups in total. The van der Waals surface area contributed by atoms with Gasteiger partial charge in [0, 0.05) is 25.0 Å². The molecule has 0 aromatic heterocycles. The number of halogens is 1. The van der Waals surface area contributed by atoms with Gasteiger partial charge in [0.25, 0.3) is 0 Å². The molecular weight excluding hydrogens is 431 g/mol. The molecule has 1 saturated carbocycles. The van der Waals surface area contributed by atoms with Crippen molar-refractivity contribution in [1.82, 2.24) is 10.0 Å². The first-order valence-corrected chi connectivity index (χ1v) is 12.5. The van der Waals surface area contributed by atoms with E-state index in [0.29, 0.717) is 25.7 Å². The van der Waals surface area contributed by atoms with E-state index < -0.39 is 10.0 Å². The highest BCUT2D eigenvalue weighted by Crippen LogP contribution is 2.29. The number of benzene rings is 2.